The molecule has 1 heterocycles. The molecule has 1 atom stereocenters. The minimum absolute atomic E-state index is 0.144. The van der Waals surface area contributed by atoms with Crippen LogP contribution >= 0.6 is 11.8 Å². The van der Waals surface area contributed by atoms with E-state index >= 15 is 0 Å². The molecule has 0 saturated carbocycles. The van der Waals surface area contributed by atoms with Crippen molar-refractivity contribution >= 4 is 35.2 Å². The van der Waals surface area contributed by atoms with Crippen LogP contribution in [0.15, 0.2) is 54.6 Å². The van der Waals surface area contributed by atoms with Gasteiger partial charge in [0.15, 0.2) is 0 Å². The number of benzene rings is 2. The van der Waals surface area contributed by atoms with Crippen molar-refractivity contribution in [3.63, 3.8) is 0 Å². The van der Waals surface area contributed by atoms with Crippen molar-refractivity contribution < 1.29 is 19.1 Å². The molecule has 7 nitrogen and oxygen atoms in total. The van der Waals surface area contributed by atoms with Crippen molar-refractivity contribution in [3.05, 3.63) is 60.2 Å². The van der Waals surface area contributed by atoms with Crippen molar-refractivity contribution in [3.8, 4) is 5.75 Å². The van der Waals surface area contributed by atoms with Gasteiger partial charge in [-0.05, 0) is 36.4 Å². The van der Waals surface area contributed by atoms with Crippen molar-refractivity contribution in [2.45, 2.75) is 12.5 Å². The smallest absolute Gasteiger partial charge is 0.251 e. The molecule has 152 valence electrons. The fraction of sp³-hybridized carbons (Fsp3) is 0.286. The first kappa shape index (κ1) is 20.7. The van der Waals surface area contributed by atoms with Gasteiger partial charge < -0.3 is 20.3 Å². The quantitative estimate of drug-likeness (QED) is 0.728. The largest absolute Gasteiger partial charge is 0.497 e. The lowest BCUT2D eigenvalue weighted by Gasteiger charge is -2.23. The van der Waals surface area contributed by atoms with E-state index in [-0.39, 0.29) is 30.7 Å². The van der Waals surface area contributed by atoms with Crippen molar-refractivity contribution in [1.82, 2.24) is 10.2 Å². The van der Waals surface area contributed by atoms with Crippen LogP contribution in [-0.2, 0) is 9.59 Å². The van der Waals surface area contributed by atoms with Gasteiger partial charge in [0.05, 0.1) is 13.0 Å². The van der Waals surface area contributed by atoms with E-state index in [0.717, 1.165) is 0 Å². The number of hydrogen-bond acceptors (Lipinski definition) is 5. The van der Waals surface area contributed by atoms with E-state index in [0.29, 0.717) is 28.6 Å². The maximum absolute atomic E-state index is 12.6. The summed E-state index contributed by atoms with van der Waals surface area (Å²) in [5.74, 6) is 1.12. The highest BCUT2D eigenvalue weighted by Gasteiger charge is 2.34. The maximum atomic E-state index is 12.6. The van der Waals surface area contributed by atoms with E-state index in [1.54, 1.807) is 60.5 Å². The molecule has 1 saturated heterocycles. The Hall–Kier alpha value is -3.00. The van der Waals surface area contributed by atoms with E-state index < -0.39 is 6.04 Å². The molecule has 29 heavy (non-hydrogen) atoms. The van der Waals surface area contributed by atoms with Crippen molar-refractivity contribution in [2.24, 2.45) is 0 Å². The number of methoxy groups -OCH3 is 1. The normalized spacial score (nSPS) is 15.6. The third-order valence-electron chi connectivity index (χ3n) is 4.52. The molecule has 1 unspecified atom stereocenters. The Bertz CT molecular complexity index is 858. The molecule has 0 aromatic heterocycles. The van der Waals surface area contributed by atoms with Crippen molar-refractivity contribution in [1.29, 1.82) is 0 Å². The van der Waals surface area contributed by atoms with Gasteiger partial charge in [0.1, 0.15) is 11.8 Å². The number of carbonyl (C=O) groups is 3. The highest BCUT2D eigenvalue weighted by molar-refractivity contribution is 7.99. The first-order chi connectivity index (χ1) is 14.1. The number of amides is 3. The Labute approximate surface area is 173 Å². The second kappa shape index (κ2) is 9.97. The molecular weight excluding hydrogens is 390 g/mol. The lowest BCUT2D eigenvalue weighted by atomic mass is 10.2. The third-order valence-corrected chi connectivity index (χ3v) is 5.54. The predicted molar refractivity (Wildman–Crippen MR) is 113 cm³/mol. The summed E-state index contributed by atoms with van der Waals surface area (Å²) in [5.41, 5.74) is 1.20. The standard InChI is InChI=1S/C21H23N3O4S/c1-28-17-9-7-16(8-10-17)23-21(27)18-13-29-14-24(18)19(25)11-12-22-20(26)15-5-3-2-4-6-15/h2-10,18H,11-14H2,1H3,(H,22,26)(H,23,27). The van der Waals surface area contributed by atoms with Gasteiger partial charge >= 0.3 is 0 Å². The molecule has 0 bridgehead atoms. The molecule has 2 aromatic carbocycles. The van der Waals surface area contributed by atoms with Crippen LogP contribution in [0.2, 0.25) is 0 Å². The zero-order valence-electron chi connectivity index (χ0n) is 16.1. The Morgan fingerprint density at radius 3 is 2.52 bits per heavy atom. The lowest BCUT2D eigenvalue weighted by molar-refractivity contribution is -0.136. The van der Waals surface area contributed by atoms with Gasteiger partial charge in [-0.3, -0.25) is 14.4 Å². The number of hydrogen-bond donors (Lipinski definition) is 2. The molecule has 2 aromatic rings. The van der Waals surface area contributed by atoms with Crippen LogP contribution in [-0.4, -0.2) is 53.9 Å². The molecule has 0 spiro atoms. The summed E-state index contributed by atoms with van der Waals surface area (Å²) in [6, 6.07) is 15.3. The van der Waals surface area contributed by atoms with E-state index in [4.69, 9.17) is 4.74 Å². The van der Waals surface area contributed by atoms with Gasteiger partial charge in [-0.1, -0.05) is 18.2 Å². The molecule has 8 heteroatoms. The number of ether oxygens (including phenoxy) is 1. The van der Waals surface area contributed by atoms with Crippen LogP contribution in [0.5, 0.6) is 5.75 Å². The minimum Gasteiger partial charge on any atom is -0.497 e. The topological polar surface area (TPSA) is 87.7 Å². The molecule has 1 aliphatic heterocycles. The number of rotatable bonds is 7. The molecule has 1 fully saturated rings. The summed E-state index contributed by atoms with van der Waals surface area (Å²) in [4.78, 5) is 38.8. The van der Waals surface area contributed by atoms with E-state index in [2.05, 4.69) is 10.6 Å². The average Bonchev–Trinajstić information content (AvgIpc) is 3.25. The van der Waals surface area contributed by atoms with Gasteiger partial charge in [0.25, 0.3) is 5.91 Å². The number of nitrogens with zero attached hydrogens (tertiary/aromatic N) is 1. The van der Waals surface area contributed by atoms with Crippen LogP contribution < -0.4 is 15.4 Å². The molecule has 3 amide bonds. The van der Waals surface area contributed by atoms with Crippen LogP contribution in [0.1, 0.15) is 16.8 Å². The van der Waals surface area contributed by atoms with Gasteiger partial charge in [-0.2, -0.15) is 0 Å². The zero-order valence-corrected chi connectivity index (χ0v) is 16.9. The molecule has 1 aliphatic rings. The lowest BCUT2D eigenvalue weighted by Crippen LogP contribution is -2.45. The summed E-state index contributed by atoms with van der Waals surface area (Å²) < 4.78 is 5.11. The Morgan fingerprint density at radius 1 is 1.10 bits per heavy atom. The summed E-state index contributed by atoms with van der Waals surface area (Å²) in [5, 5.41) is 5.59. The van der Waals surface area contributed by atoms with Crippen molar-refractivity contribution in [2.75, 3.05) is 30.6 Å². The van der Waals surface area contributed by atoms with Gasteiger partial charge in [-0.25, -0.2) is 0 Å². The van der Waals surface area contributed by atoms with E-state index in [9.17, 15) is 14.4 Å². The van der Waals surface area contributed by atoms with Gasteiger partial charge in [0, 0.05) is 30.0 Å². The maximum Gasteiger partial charge on any atom is 0.251 e. The van der Waals surface area contributed by atoms with Gasteiger partial charge in [-0.15, -0.1) is 11.8 Å². The summed E-state index contributed by atoms with van der Waals surface area (Å²) in [6.07, 6.45) is 0.144. The number of nitrogens with one attached hydrogen (secondary N) is 2. The molecule has 3 rings (SSSR count). The highest BCUT2D eigenvalue weighted by atomic mass is 32.2. The second-order valence-corrected chi connectivity index (χ2v) is 7.47. The number of thioether (sulfide) groups is 1. The summed E-state index contributed by atoms with van der Waals surface area (Å²) >= 11 is 1.54. The van der Waals surface area contributed by atoms with Gasteiger partial charge in [0.2, 0.25) is 11.8 Å². The summed E-state index contributed by atoms with van der Waals surface area (Å²) in [7, 11) is 1.58. The highest BCUT2D eigenvalue weighted by Crippen LogP contribution is 2.23. The molecular formula is C21H23N3O4S. The Balaban J connectivity index is 1.50. The fourth-order valence-corrected chi connectivity index (χ4v) is 4.10. The summed E-state index contributed by atoms with van der Waals surface area (Å²) in [6.45, 7) is 0.223. The monoisotopic (exact) mass is 413 g/mol. The SMILES string of the molecule is COc1ccc(NC(=O)C2CSCN2C(=O)CCNC(=O)c2ccccc2)cc1. The predicted octanol–water partition coefficient (Wildman–Crippen LogP) is 2.36. The Kier molecular flexibility index (Phi) is 7.13. The Morgan fingerprint density at radius 2 is 1.83 bits per heavy atom. The van der Waals surface area contributed by atoms with Crippen LogP contribution in [0.4, 0.5) is 5.69 Å². The molecule has 2 N–H and O–H groups in total. The second-order valence-electron chi connectivity index (χ2n) is 6.47. The first-order valence-corrected chi connectivity index (χ1v) is 10.4. The van der Waals surface area contributed by atoms with E-state index in [1.165, 1.54) is 11.8 Å². The molecule has 0 aliphatic carbocycles. The average molecular weight is 413 g/mol. The first-order valence-electron chi connectivity index (χ1n) is 9.24. The molecule has 0 radical (unpaired) electrons. The van der Waals surface area contributed by atoms with E-state index in [1.807, 2.05) is 6.07 Å². The van der Waals surface area contributed by atoms with Crippen LogP contribution in [0.3, 0.4) is 0 Å². The number of carbonyl (C=O) groups excluding carboxylic acids is 3. The zero-order chi connectivity index (χ0) is 20.6. The van der Waals surface area contributed by atoms with Crippen LogP contribution in [0.25, 0.3) is 0 Å². The van der Waals surface area contributed by atoms with Crippen LogP contribution in [0, 0.1) is 0 Å². The number of anilines is 1. The fourth-order valence-electron chi connectivity index (χ4n) is 2.92. The minimum atomic E-state index is -0.528. The third kappa shape index (κ3) is 5.51.